The third-order valence-electron chi connectivity index (χ3n) is 5.50. The van der Waals surface area contributed by atoms with Gasteiger partial charge in [0.05, 0.1) is 0 Å². The van der Waals surface area contributed by atoms with Crippen LogP contribution in [0.2, 0.25) is 0 Å². The smallest absolute Gasteiger partial charge is 0.316 e. The number of aliphatic carboxylic acids is 1. The number of Topliss-reactive ketones (excluding diaryl/α,β-unsaturated/α-hetero) is 1. The SMILES string of the molecule is NC1(C(=O)c2cccc(NC3=NCCCN3)c2)CC1(C(=O)O)c1ccccc1. The van der Waals surface area contributed by atoms with E-state index in [1.54, 1.807) is 48.5 Å². The number of guanidine groups is 1. The van der Waals surface area contributed by atoms with E-state index in [1.165, 1.54) is 0 Å². The number of carboxylic acid groups (broad SMARTS) is 1. The molecule has 5 N–H and O–H groups in total. The molecule has 4 rings (SSSR count). The molecule has 0 amide bonds. The number of hydrogen-bond acceptors (Lipinski definition) is 6. The van der Waals surface area contributed by atoms with E-state index in [0.717, 1.165) is 19.5 Å². The number of hydrogen-bond donors (Lipinski definition) is 4. The van der Waals surface area contributed by atoms with Gasteiger partial charge in [-0.1, -0.05) is 42.5 Å². The fraction of sp³-hybridized carbons (Fsp3) is 0.286. The molecule has 0 bridgehead atoms. The minimum absolute atomic E-state index is 0.0735. The van der Waals surface area contributed by atoms with Crippen LogP contribution in [0.15, 0.2) is 59.6 Å². The highest BCUT2D eigenvalue weighted by Gasteiger charge is 2.75. The van der Waals surface area contributed by atoms with Crippen LogP contribution in [-0.2, 0) is 10.2 Å². The monoisotopic (exact) mass is 378 g/mol. The van der Waals surface area contributed by atoms with Crippen molar-refractivity contribution in [3.8, 4) is 0 Å². The molecule has 1 aliphatic heterocycles. The summed E-state index contributed by atoms with van der Waals surface area (Å²) in [4.78, 5) is 29.7. The molecule has 2 aromatic rings. The van der Waals surface area contributed by atoms with Crippen molar-refractivity contribution in [2.24, 2.45) is 10.7 Å². The van der Waals surface area contributed by atoms with Gasteiger partial charge in [-0.2, -0.15) is 0 Å². The van der Waals surface area contributed by atoms with E-state index in [4.69, 9.17) is 5.73 Å². The lowest BCUT2D eigenvalue weighted by molar-refractivity contribution is -0.140. The van der Waals surface area contributed by atoms with Crippen LogP contribution in [0.5, 0.6) is 0 Å². The number of carboxylic acids is 1. The summed E-state index contributed by atoms with van der Waals surface area (Å²) in [6.07, 6.45) is 1.06. The van der Waals surface area contributed by atoms with Gasteiger partial charge in [-0.15, -0.1) is 0 Å². The van der Waals surface area contributed by atoms with Gasteiger partial charge in [0.1, 0.15) is 11.0 Å². The second-order valence-corrected chi connectivity index (χ2v) is 7.27. The van der Waals surface area contributed by atoms with Crippen LogP contribution in [0.1, 0.15) is 28.8 Å². The number of nitrogens with one attached hydrogen (secondary N) is 2. The fourth-order valence-corrected chi connectivity index (χ4v) is 3.87. The molecular weight excluding hydrogens is 356 g/mol. The Morgan fingerprint density at radius 3 is 2.61 bits per heavy atom. The van der Waals surface area contributed by atoms with Crippen molar-refractivity contribution < 1.29 is 14.7 Å². The summed E-state index contributed by atoms with van der Waals surface area (Å²) in [5.41, 5.74) is 5.14. The molecule has 2 aliphatic rings. The topological polar surface area (TPSA) is 117 Å². The van der Waals surface area contributed by atoms with E-state index in [1.807, 2.05) is 6.07 Å². The van der Waals surface area contributed by atoms with Crippen molar-refractivity contribution in [3.63, 3.8) is 0 Å². The zero-order chi connectivity index (χ0) is 19.8. The molecule has 1 fully saturated rings. The van der Waals surface area contributed by atoms with Crippen LogP contribution in [0.4, 0.5) is 5.69 Å². The molecule has 28 heavy (non-hydrogen) atoms. The summed E-state index contributed by atoms with van der Waals surface area (Å²) in [6.45, 7) is 1.59. The first-order valence-electron chi connectivity index (χ1n) is 9.25. The standard InChI is InChI=1S/C21H22N4O3/c22-21(13-20(21,18(27)28)15-7-2-1-3-8-15)17(26)14-6-4-9-16(12-14)25-19-23-10-5-11-24-19/h1-4,6-9,12H,5,10-11,13,22H2,(H,27,28)(H2,23,24,25). The van der Waals surface area contributed by atoms with Crippen LogP contribution in [-0.4, -0.2) is 41.4 Å². The molecular formula is C21H22N4O3. The number of carbonyl (C=O) groups is 2. The average Bonchev–Trinajstić information content (AvgIpc) is 3.38. The number of benzene rings is 2. The van der Waals surface area contributed by atoms with E-state index in [2.05, 4.69) is 15.6 Å². The van der Waals surface area contributed by atoms with E-state index in [-0.39, 0.29) is 12.2 Å². The van der Waals surface area contributed by atoms with Gasteiger partial charge < -0.3 is 21.5 Å². The molecule has 7 heteroatoms. The third-order valence-corrected chi connectivity index (χ3v) is 5.50. The number of ketones is 1. The highest BCUT2D eigenvalue weighted by molar-refractivity contribution is 6.13. The summed E-state index contributed by atoms with van der Waals surface area (Å²) in [6, 6.07) is 15.7. The lowest BCUT2D eigenvalue weighted by Crippen LogP contribution is -2.45. The highest BCUT2D eigenvalue weighted by Crippen LogP contribution is 2.57. The minimum atomic E-state index is -1.47. The Bertz CT molecular complexity index is 959. The molecule has 7 nitrogen and oxygen atoms in total. The molecule has 0 aromatic heterocycles. The number of aliphatic imine (C=N–C) groups is 1. The van der Waals surface area contributed by atoms with Crippen molar-refractivity contribution in [2.75, 3.05) is 18.4 Å². The Hall–Kier alpha value is -3.19. The zero-order valence-corrected chi connectivity index (χ0v) is 15.3. The Balaban J connectivity index is 1.62. The Kier molecular flexibility index (Phi) is 4.39. The predicted octanol–water partition coefficient (Wildman–Crippen LogP) is 1.75. The van der Waals surface area contributed by atoms with Gasteiger partial charge in [0.2, 0.25) is 0 Å². The largest absolute Gasteiger partial charge is 0.481 e. The number of nitrogens with two attached hydrogens (primary N) is 1. The Labute approximate surface area is 162 Å². The second kappa shape index (κ2) is 6.76. The predicted molar refractivity (Wildman–Crippen MR) is 107 cm³/mol. The van der Waals surface area contributed by atoms with E-state index in [9.17, 15) is 14.7 Å². The third kappa shape index (κ3) is 2.84. The first kappa shape index (κ1) is 18.2. The Morgan fingerprint density at radius 1 is 1.14 bits per heavy atom. The number of nitrogens with zero attached hydrogens (tertiary/aromatic N) is 1. The number of carbonyl (C=O) groups excluding carboxylic acids is 1. The lowest BCUT2D eigenvalue weighted by Gasteiger charge is -2.19. The van der Waals surface area contributed by atoms with Crippen LogP contribution in [0.3, 0.4) is 0 Å². The summed E-state index contributed by atoms with van der Waals surface area (Å²) in [5, 5.41) is 16.2. The Morgan fingerprint density at radius 2 is 1.93 bits per heavy atom. The molecule has 1 heterocycles. The van der Waals surface area contributed by atoms with Crippen LogP contribution in [0, 0.1) is 0 Å². The summed E-state index contributed by atoms with van der Waals surface area (Å²) >= 11 is 0. The van der Waals surface area contributed by atoms with Crippen molar-refractivity contribution in [3.05, 3.63) is 65.7 Å². The van der Waals surface area contributed by atoms with Crippen LogP contribution >= 0.6 is 0 Å². The van der Waals surface area contributed by atoms with E-state index in [0.29, 0.717) is 22.8 Å². The van der Waals surface area contributed by atoms with Gasteiger partial charge in [0, 0.05) is 24.3 Å². The molecule has 2 aromatic carbocycles. The van der Waals surface area contributed by atoms with Crippen molar-refractivity contribution in [2.45, 2.75) is 23.8 Å². The molecule has 0 spiro atoms. The first-order valence-corrected chi connectivity index (χ1v) is 9.25. The number of anilines is 1. The lowest BCUT2D eigenvalue weighted by atomic mass is 9.87. The molecule has 1 saturated carbocycles. The maximum atomic E-state index is 13.2. The molecule has 2 atom stereocenters. The van der Waals surface area contributed by atoms with Gasteiger partial charge in [-0.25, -0.2) is 0 Å². The maximum Gasteiger partial charge on any atom is 0.316 e. The highest BCUT2D eigenvalue weighted by atomic mass is 16.4. The maximum absolute atomic E-state index is 13.2. The molecule has 1 aliphatic carbocycles. The minimum Gasteiger partial charge on any atom is -0.481 e. The van der Waals surface area contributed by atoms with E-state index < -0.39 is 16.9 Å². The van der Waals surface area contributed by atoms with Crippen molar-refractivity contribution >= 4 is 23.4 Å². The van der Waals surface area contributed by atoms with Gasteiger partial charge in [0.15, 0.2) is 11.7 Å². The first-order chi connectivity index (χ1) is 13.5. The molecule has 144 valence electrons. The molecule has 0 radical (unpaired) electrons. The zero-order valence-electron chi connectivity index (χ0n) is 15.3. The van der Waals surface area contributed by atoms with Gasteiger partial charge in [0.25, 0.3) is 0 Å². The summed E-state index contributed by atoms with van der Waals surface area (Å²) in [5.74, 6) is -0.792. The van der Waals surface area contributed by atoms with Crippen LogP contribution < -0.4 is 16.4 Å². The summed E-state index contributed by atoms with van der Waals surface area (Å²) in [7, 11) is 0. The van der Waals surface area contributed by atoms with Gasteiger partial charge in [-0.3, -0.25) is 14.6 Å². The summed E-state index contributed by atoms with van der Waals surface area (Å²) < 4.78 is 0. The van der Waals surface area contributed by atoms with Crippen molar-refractivity contribution in [1.29, 1.82) is 0 Å². The molecule has 0 saturated heterocycles. The second-order valence-electron chi connectivity index (χ2n) is 7.27. The van der Waals surface area contributed by atoms with Crippen LogP contribution in [0.25, 0.3) is 0 Å². The van der Waals surface area contributed by atoms with Gasteiger partial charge >= 0.3 is 5.97 Å². The van der Waals surface area contributed by atoms with Gasteiger partial charge in [-0.05, 0) is 30.5 Å². The van der Waals surface area contributed by atoms with E-state index >= 15 is 0 Å². The quantitative estimate of drug-likeness (QED) is 0.589. The number of rotatable bonds is 5. The molecule has 2 unspecified atom stereocenters. The van der Waals surface area contributed by atoms with Crippen molar-refractivity contribution in [1.82, 2.24) is 5.32 Å². The fourth-order valence-electron chi connectivity index (χ4n) is 3.87. The normalized spacial score (nSPS) is 26.0. The average molecular weight is 378 g/mol.